The Morgan fingerprint density at radius 3 is 2.04 bits per heavy atom. The predicted octanol–water partition coefficient (Wildman–Crippen LogP) is 6.97. The van der Waals surface area contributed by atoms with E-state index in [0.29, 0.717) is 36.0 Å². The van der Waals surface area contributed by atoms with Crippen molar-refractivity contribution in [3.05, 3.63) is 88.7 Å². The van der Waals surface area contributed by atoms with Crippen LogP contribution in [0.1, 0.15) is 119 Å². The number of halogens is 2. The zero-order valence-electron chi connectivity index (χ0n) is 27.7. The van der Waals surface area contributed by atoms with Gasteiger partial charge in [-0.15, -0.1) is 0 Å². The molecule has 0 saturated heterocycles. The second-order valence-corrected chi connectivity index (χ2v) is 12.2. The number of unbranched alkanes of at least 4 members (excludes halogenated alkanes) is 11. The van der Waals surface area contributed by atoms with E-state index in [9.17, 15) is 4.79 Å². The quantitative estimate of drug-likeness (QED) is 0.0634. The Kier molecular flexibility index (Phi) is 19.9. The van der Waals surface area contributed by atoms with Crippen molar-refractivity contribution in [1.29, 1.82) is 0 Å². The van der Waals surface area contributed by atoms with E-state index in [0.717, 1.165) is 36.3 Å². The average molecular weight is 749 g/mol. The van der Waals surface area contributed by atoms with Crippen molar-refractivity contribution < 1.29 is 42.8 Å². The Morgan fingerprint density at radius 1 is 0.756 bits per heavy atom. The summed E-state index contributed by atoms with van der Waals surface area (Å²) < 4.78 is 14.0. The van der Waals surface area contributed by atoms with Crippen LogP contribution in [0.5, 0.6) is 11.5 Å². The minimum absolute atomic E-state index is 0. The smallest absolute Gasteiger partial charge is 0.255 e. The summed E-state index contributed by atoms with van der Waals surface area (Å²) in [6.07, 6.45) is 21.1. The van der Waals surface area contributed by atoms with E-state index in [1.54, 1.807) is 19.2 Å². The first-order valence-electron chi connectivity index (χ1n) is 16.9. The molecule has 0 saturated carbocycles. The number of carbonyl (C=O) groups is 1. The fourth-order valence-electron chi connectivity index (χ4n) is 5.57. The van der Waals surface area contributed by atoms with Gasteiger partial charge in [-0.3, -0.25) is 4.79 Å². The third kappa shape index (κ3) is 14.3. The average Bonchev–Trinajstić information content (AvgIpc) is 3.03. The molecule has 0 aliphatic heterocycles. The maximum atomic E-state index is 13.7. The Hall–Kier alpha value is -2.32. The molecule has 0 aliphatic carbocycles. The van der Waals surface area contributed by atoms with Crippen LogP contribution in [0.2, 0.25) is 5.02 Å². The third-order valence-corrected chi connectivity index (χ3v) is 8.35. The Bertz CT molecular complexity index is 1260. The molecule has 1 amide bonds. The molecule has 3 rings (SSSR count). The minimum Gasteiger partial charge on any atom is -1.00 e. The SMILES string of the molecule is CCCCCCCCCCCCCCOc1ccc(CN(Cc2ccc[n+](CCC)c2)C(=O)c2ccccc2Cl)cc1OC.[I-]. The summed E-state index contributed by atoms with van der Waals surface area (Å²) in [7, 11) is 1.67. The Morgan fingerprint density at radius 2 is 1.40 bits per heavy atom. The highest BCUT2D eigenvalue weighted by Crippen LogP contribution is 2.30. The van der Waals surface area contributed by atoms with Gasteiger partial charge in [0.2, 0.25) is 0 Å². The number of hydrogen-bond donors (Lipinski definition) is 0. The molecule has 0 spiro atoms. The number of aromatic nitrogens is 1. The highest BCUT2D eigenvalue weighted by molar-refractivity contribution is 6.33. The topological polar surface area (TPSA) is 42.7 Å². The molecule has 248 valence electrons. The molecule has 0 atom stereocenters. The van der Waals surface area contributed by atoms with Crippen LogP contribution in [0.15, 0.2) is 67.0 Å². The summed E-state index contributed by atoms with van der Waals surface area (Å²) in [5.41, 5.74) is 2.54. The van der Waals surface area contributed by atoms with Crippen LogP contribution in [-0.4, -0.2) is 24.5 Å². The minimum atomic E-state index is -0.104. The summed E-state index contributed by atoms with van der Waals surface area (Å²) in [4.78, 5) is 15.6. The summed E-state index contributed by atoms with van der Waals surface area (Å²) >= 11 is 6.44. The van der Waals surface area contributed by atoms with Crippen LogP contribution < -0.4 is 38.0 Å². The fraction of sp³-hybridized carbons (Fsp3) is 0.526. The molecule has 1 heterocycles. The third-order valence-electron chi connectivity index (χ3n) is 8.02. The summed E-state index contributed by atoms with van der Waals surface area (Å²) in [5.74, 6) is 1.33. The lowest BCUT2D eigenvalue weighted by molar-refractivity contribution is -0.697. The van der Waals surface area contributed by atoms with E-state index in [2.05, 4.69) is 36.9 Å². The number of pyridine rings is 1. The Labute approximate surface area is 294 Å². The van der Waals surface area contributed by atoms with Crippen LogP contribution in [0.3, 0.4) is 0 Å². The van der Waals surface area contributed by atoms with Crippen molar-refractivity contribution in [1.82, 2.24) is 4.90 Å². The van der Waals surface area contributed by atoms with Gasteiger partial charge in [-0.05, 0) is 42.3 Å². The van der Waals surface area contributed by atoms with Crippen LogP contribution in [0.4, 0.5) is 0 Å². The van der Waals surface area contributed by atoms with Crippen LogP contribution in [0.25, 0.3) is 0 Å². The molecule has 0 N–H and O–H groups in total. The molecule has 2 aromatic carbocycles. The second kappa shape index (κ2) is 23.1. The normalized spacial score (nSPS) is 10.8. The first-order valence-corrected chi connectivity index (χ1v) is 17.2. The molecule has 7 heteroatoms. The lowest BCUT2D eigenvalue weighted by atomic mass is 10.1. The number of aryl methyl sites for hydroxylation is 1. The number of rotatable bonds is 22. The lowest BCUT2D eigenvalue weighted by Gasteiger charge is -2.24. The molecule has 0 unspecified atom stereocenters. The first kappa shape index (κ1) is 38.9. The van der Waals surface area contributed by atoms with Crippen LogP contribution >= 0.6 is 11.6 Å². The molecule has 0 bridgehead atoms. The van der Waals surface area contributed by atoms with E-state index in [1.165, 1.54) is 70.6 Å². The highest BCUT2D eigenvalue weighted by atomic mass is 127. The number of ether oxygens (including phenoxy) is 2. The first-order chi connectivity index (χ1) is 21.5. The Balaban J connectivity index is 0.00000705. The van der Waals surface area contributed by atoms with Gasteiger partial charge in [-0.2, -0.15) is 0 Å². The number of nitrogens with zero attached hydrogens (tertiary/aromatic N) is 2. The van der Waals surface area contributed by atoms with Crippen molar-refractivity contribution >= 4 is 17.5 Å². The lowest BCUT2D eigenvalue weighted by Crippen LogP contribution is -3.00. The van der Waals surface area contributed by atoms with E-state index in [1.807, 2.05) is 41.3 Å². The maximum absolute atomic E-state index is 13.7. The number of carbonyl (C=O) groups excluding carboxylic acids is 1. The van der Waals surface area contributed by atoms with Gasteiger partial charge < -0.3 is 38.4 Å². The summed E-state index contributed by atoms with van der Waals surface area (Å²) in [6, 6.07) is 17.3. The van der Waals surface area contributed by atoms with Gasteiger partial charge in [0, 0.05) is 24.6 Å². The number of hydrogen-bond acceptors (Lipinski definition) is 3. The van der Waals surface area contributed by atoms with E-state index in [4.69, 9.17) is 21.1 Å². The van der Waals surface area contributed by atoms with E-state index >= 15 is 0 Å². The molecule has 0 aliphatic rings. The number of methoxy groups -OCH3 is 1. The van der Waals surface area contributed by atoms with Gasteiger partial charge in [0.1, 0.15) is 6.54 Å². The van der Waals surface area contributed by atoms with Gasteiger partial charge in [-0.25, -0.2) is 4.57 Å². The van der Waals surface area contributed by atoms with Crippen molar-refractivity contribution in [2.75, 3.05) is 13.7 Å². The standard InChI is InChI=1S/C38H54ClN2O3.HI/c1-4-6-7-8-9-10-11-12-13-14-15-18-27-44-36-24-23-32(28-37(36)43-3)30-41(38(42)34-21-16-17-22-35(34)39)31-33-20-19-26-40(29-33)25-5-2;/h16-17,19-24,26,28-29H,4-15,18,25,27,30-31H2,1-3H3;1H/q+1;/p-1. The zero-order valence-corrected chi connectivity index (χ0v) is 30.7. The zero-order chi connectivity index (χ0) is 31.4. The van der Waals surface area contributed by atoms with Crippen molar-refractivity contribution in [3.63, 3.8) is 0 Å². The molecular weight excluding hydrogens is 695 g/mol. The summed E-state index contributed by atoms with van der Waals surface area (Å²) in [6.45, 7) is 6.93. The highest BCUT2D eigenvalue weighted by Gasteiger charge is 2.21. The van der Waals surface area contributed by atoms with Gasteiger partial charge in [0.15, 0.2) is 23.9 Å². The van der Waals surface area contributed by atoms with Crippen LogP contribution in [-0.2, 0) is 19.6 Å². The molecule has 45 heavy (non-hydrogen) atoms. The second-order valence-electron chi connectivity index (χ2n) is 11.8. The fourth-order valence-corrected chi connectivity index (χ4v) is 5.78. The molecule has 0 radical (unpaired) electrons. The number of amides is 1. The van der Waals surface area contributed by atoms with Gasteiger partial charge in [0.25, 0.3) is 5.91 Å². The molecular formula is C38H54ClIN2O3. The van der Waals surface area contributed by atoms with E-state index in [-0.39, 0.29) is 29.9 Å². The molecule has 1 aromatic heterocycles. The van der Waals surface area contributed by atoms with E-state index < -0.39 is 0 Å². The molecule has 0 fully saturated rings. The monoisotopic (exact) mass is 748 g/mol. The van der Waals surface area contributed by atoms with Gasteiger partial charge in [-0.1, -0.05) is 114 Å². The van der Waals surface area contributed by atoms with Crippen molar-refractivity contribution in [2.24, 2.45) is 0 Å². The summed E-state index contributed by atoms with van der Waals surface area (Å²) in [5, 5.41) is 0.454. The molecule has 3 aromatic rings. The van der Waals surface area contributed by atoms with Crippen LogP contribution in [0, 0.1) is 0 Å². The number of benzene rings is 2. The molecule has 5 nitrogen and oxygen atoms in total. The largest absolute Gasteiger partial charge is 1.00 e. The maximum Gasteiger partial charge on any atom is 0.255 e. The predicted molar refractivity (Wildman–Crippen MR) is 182 cm³/mol. The van der Waals surface area contributed by atoms with Crippen molar-refractivity contribution in [3.8, 4) is 11.5 Å². The van der Waals surface area contributed by atoms with Gasteiger partial charge >= 0.3 is 0 Å². The van der Waals surface area contributed by atoms with Gasteiger partial charge in [0.05, 0.1) is 30.8 Å². The van der Waals surface area contributed by atoms with Crippen molar-refractivity contribution in [2.45, 2.75) is 117 Å².